The Balaban J connectivity index is 1.44. The molecule has 0 saturated carbocycles. The van der Waals surface area contributed by atoms with E-state index in [1.807, 2.05) is 0 Å². The molecule has 0 aliphatic carbocycles. The average Bonchev–Trinajstić information content (AvgIpc) is 3.55. The highest BCUT2D eigenvalue weighted by Gasteiger charge is 2.26. The van der Waals surface area contributed by atoms with E-state index < -0.39 is 0 Å². The van der Waals surface area contributed by atoms with Gasteiger partial charge in [-0.15, -0.1) is 0 Å². The maximum Gasteiger partial charge on any atom is 0.260 e. The van der Waals surface area contributed by atoms with Crippen LogP contribution in [0.1, 0.15) is 13.3 Å². The third kappa shape index (κ3) is 7.42. The first-order valence-corrected chi connectivity index (χ1v) is 16.3. The monoisotopic (exact) mass is 673 g/mol. The van der Waals surface area contributed by atoms with E-state index in [0.717, 1.165) is 39.3 Å². The minimum Gasteiger partial charge on any atom is -0.495 e. The molecule has 3 aromatic rings. The van der Waals surface area contributed by atoms with Gasteiger partial charge in [-0.2, -0.15) is 4.98 Å². The zero-order chi connectivity index (χ0) is 32.8. The van der Waals surface area contributed by atoms with Crippen molar-refractivity contribution in [2.45, 2.75) is 26.0 Å². The number of rotatable bonds is 13. The molecule has 1 atom stereocenters. The van der Waals surface area contributed by atoms with Crippen molar-refractivity contribution in [1.29, 1.82) is 0 Å². The number of likely N-dealkylation sites (tertiary alicyclic amines) is 1. The van der Waals surface area contributed by atoms with Crippen molar-refractivity contribution >= 4 is 46.1 Å². The number of carbonyl (C=O) groups is 1. The summed E-state index contributed by atoms with van der Waals surface area (Å²) in [6.07, 6.45) is 3.54. The largest absolute Gasteiger partial charge is 0.495 e. The lowest BCUT2D eigenvalue weighted by molar-refractivity contribution is -0.125. The minimum absolute atomic E-state index is 0.122. The molecule has 2 aliphatic rings. The van der Waals surface area contributed by atoms with Gasteiger partial charge in [0.15, 0.2) is 0 Å². The van der Waals surface area contributed by atoms with Crippen LogP contribution >= 0.6 is 23.2 Å². The predicted octanol–water partition coefficient (Wildman–Crippen LogP) is 3.64. The number of anilines is 1. The van der Waals surface area contributed by atoms with Gasteiger partial charge in [-0.05, 0) is 25.1 Å². The number of carbonyl (C=O) groups excluding carboxylic acids is 1. The van der Waals surface area contributed by atoms with Crippen LogP contribution in [-0.4, -0.2) is 121 Å². The van der Waals surface area contributed by atoms with Crippen LogP contribution in [0.4, 0.5) is 5.95 Å². The van der Waals surface area contributed by atoms with Gasteiger partial charge in [-0.25, -0.2) is 4.98 Å². The molecule has 4 heterocycles. The minimum atomic E-state index is -0.358. The number of halogens is 2. The van der Waals surface area contributed by atoms with Crippen LogP contribution in [0.3, 0.4) is 0 Å². The molecule has 2 fully saturated rings. The number of aromatic nitrogens is 3. The lowest BCUT2D eigenvalue weighted by Crippen LogP contribution is -2.47. The van der Waals surface area contributed by atoms with Gasteiger partial charge < -0.3 is 29.3 Å². The number of hydrogen-bond donors (Lipinski definition) is 1. The van der Waals surface area contributed by atoms with Crippen molar-refractivity contribution in [3.63, 3.8) is 0 Å². The second-order valence-electron chi connectivity index (χ2n) is 11.2. The van der Waals surface area contributed by atoms with Gasteiger partial charge in [-0.1, -0.05) is 36.7 Å². The Bertz CT molecular complexity index is 1600. The Morgan fingerprint density at radius 3 is 2.41 bits per heavy atom. The first-order chi connectivity index (χ1) is 22.3. The first kappa shape index (κ1) is 33.9. The van der Waals surface area contributed by atoms with E-state index >= 15 is 0 Å². The van der Waals surface area contributed by atoms with Gasteiger partial charge in [0.1, 0.15) is 17.1 Å². The van der Waals surface area contributed by atoms with Crippen molar-refractivity contribution in [3.05, 3.63) is 51.4 Å². The van der Waals surface area contributed by atoms with Crippen LogP contribution in [-0.2, 0) is 16.1 Å². The number of nitrogens with zero attached hydrogens (tertiary/aromatic N) is 6. The second kappa shape index (κ2) is 15.4. The van der Waals surface area contributed by atoms with Crippen LogP contribution in [0.5, 0.6) is 11.5 Å². The van der Waals surface area contributed by atoms with Crippen LogP contribution in [0.25, 0.3) is 22.2 Å². The summed E-state index contributed by atoms with van der Waals surface area (Å²) in [5.41, 5.74) is 0.631. The maximum absolute atomic E-state index is 14.2. The molecule has 2 aromatic heterocycles. The number of benzene rings is 1. The van der Waals surface area contributed by atoms with Crippen LogP contribution in [0.15, 0.2) is 35.8 Å². The zero-order valence-electron chi connectivity index (χ0n) is 26.6. The fraction of sp³-hybridized carbons (Fsp3) is 0.500. The van der Waals surface area contributed by atoms with E-state index in [0.29, 0.717) is 60.1 Å². The molecule has 5 rings (SSSR count). The fourth-order valence-electron chi connectivity index (χ4n) is 5.91. The van der Waals surface area contributed by atoms with E-state index in [1.54, 1.807) is 27.8 Å². The number of nitrogens with one attached hydrogen (secondary N) is 1. The van der Waals surface area contributed by atoms with Gasteiger partial charge in [0.2, 0.25) is 11.9 Å². The first-order valence-electron chi connectivity index (χ1n) is 15.5. The molecule has 2 saturated heterocycles. The Hall–Kier alpha value is -3.42. The summed E-state index contributed by atoms with van der Waals surface area (Å²) in [4.78, 5) is 42.1. The molecule has 1 N–H and O–H groups in total. The summed E-state index contributed by atoms with van der Waals surface area (Å²) in [7, 11) is 2.96. The van der Waals surface area contributed by atoms with Crippen LogP contribution in [0, 0.1) is 0 Å². The third-order valence-corrected chi connectivity index (χ3v) is 9.34. The van der Waals surface area contributed by atoms with Crippen LogP contribution in [0.2, 0.25) is 10.0 Å². The number of fused-ring (bicyclic) bond motifs is 1. The van der Waals surface area contributed by atoms with Crippen molar-refractivity contribution in [3.8, 4) is 22.6 Å². The Labute approximate surface area is 278 Å². The summed E-state index contributed by atoms with van der Waals surface area (Å²) < 4.78 is 18.6. The number of likely N-dealkylation sites (N-methyl/N-ethyl adjacent to an activating group) is 1. The van der Waals surface area contributed by atoms with E-state index in [-0.39, 0.29) is 46.3 Å². The van der Waals surface area contributed by atoms with Gasteiger partial charge >= 0.3 is 0 Å². The highest BCUT2D eigenvalue weighted by Crippen LogP contribution is 2.45. The SMILES string of the molecule is C=CC(=O)N1CCC(OCCn2c(=O)c(-c3c(Cl)c(OC)cc(OC)c3Cl)cc3cnc(NCCN4CCN(CC)CC4)nc32)C1. The molecule has 1 unspecified atom stereocenters. The van der Waals surface area contributed by atoms with Gasteiger partial charge in [0.25, 0.3) is 5.56 Å². The Morgan fingerprint density at radius 1 is 1.07 bits per heavy atom. The molecule has 14 heteroatoms. The van der Waals surface area contributed by atoms with E-state index in [4.69, 9.17) is 42.4 Å². The molecule has 46 heavy (non-hydrogen) atoms. The molecule has 0 bridgehead atoms. The molecule has 2 aliphatic heterocycles. The van der Waals surface area contributed by atoms with Gasteiger partial charge in [0, 0.05) is 75.6 Å². The number of methoxy groups -OCH3 is 2. The Morgan fingerprint density at radius 2 is 1.76 bits per heavy atom. The molecule has 1 aromatic carbocycles. The van der Waals surface area contributed by atoms with E-state index in [2.05, 4.69) is 33.6 Å². The molecular weight excluding hydrogens is 633 g/mol. The fourth-order valence-corrected chi connectivity index (χ4v) is 6.62. The van der Waals surface area contributed by atoms with Gasteiger partial charge in [0.05, 0.1) is 49.1 Å². The smallest absolute Gasteiger partial charge is 0.260 e. The lowest BCUT2D eigenvalue weighted by Gasteiger charge is -2.33. The quantitative estimate of drug-likeness (QED) is 0.270. The van der Waals surface area contributed by atoms with Crippen molar-refractivity contribution in [2.24, 2.45) is 0 Å². The van der Waals surface area contributed by atoms with E-state index in [9.17, 15) is 9.59 Å². The summed E-state index contributed by atoms with van der Waals surface area (Å²) >= 11 is 13.5. The summed E-state index contributed by atoms with van der Waals surface area (Å²) in [6, 6.07) is 3.27. The molecular formula is C32H41Cl2N7O5. The second-order valence-corrected chi connectivity index (χ2v) is 12.0. The summed E-state index contributed by atoms with van der Waals surface area (Å²) in [5.74, 6) is 0.941. The van der Waals surface area contributed by atoms with Crippen molar-refractivity contribution in [2.75, 3.05) is 85.0 Å². The summed E-state index contributed by atoms with van der Waals surface area (Å²) in [5, 5.41) is 4.32. The van der Waals surface area contributed by atoms with Crippen molar-refractivity contribution < 1.29 is 19.0 Å². The maximum atomic E-state index is 14.2. The molecule has 248 valence electrons. The molecule has 1 amide bonds. The van der Waals surface area contributed by atoms with Gasteiger partial charge in [-0.3, -0.25) is 19.1 Å². The highest BCUT2D eigenvalue weighted by atomic mass is 35.5. The van der Waals surface area contributed by atoms with E-state index in [1.165, 1.54) is 20.3 Å². The number of pyridine rings is 1. The molecule has 0 spiro atoms. The number of amides is 1. The Kier molecular flexibility index (Phi) is 11.4. The topological polar surface area (TPSA) is 114 Å². The number of hydrogen-bond acceptors (Lipinski definition) is 10. The van der Waals surface area contributed by atoms with Crippen molar-refractivity contribution in [1.82, 2.24) is 29.2 Å². The number of ether oxygens (including phenoxy) is 3. The molecule has 12 nitrogen and oxygen atoms in total. The predicted molar refractivity (Wildman–Crippen MR) is 181 cm³/mol. The third-order valence-electron chi connectivity index (χ3n) is 8.59. The standard InChI is InChI=1S/C32H41Cl2N7O5/c1-5-26(42)40-9-7-22(20-40)46-16-15-41-30-21(19-36-32(37-30)35-8-10-39-13-11-38(6-2)12-14-39)17-23(31(41)43)27-28(33)24(44-3)18-25(45-4)29(27)34/h5,17-19,22H,1,6-16,20H2,2-4H3,(H,35,36,37). The zero-order valence-corrected chi connectivity index (χ0v) is 28.1. The average molecular weight is 675 g/mol. The number of piperazine rings is 1. The normalized spacial score (nSPS) is 17.4. The van der Waals surface area contributed by atoms with Crippen LogP contribution < -0.4 is 20.3 Å². The molecule has 0 radical (unpaired) electrons. The summed E-state index contributed by atoms with van der Waals surface area (Å²) in [6.45, 7) is 14.0. The lowest BCUT2D eigenvalue weighted by atomic mass is 10.0. The highest BCUT2D eigenvalue weighted by molar-refractivity contribution is 6.41.